The fourth-order valence-corrected chi connectivity index (χ4v) is 10.2. The van der Waals surface area contributed by atoms with E-state index in [2.05, 4.69) is 26.5 Å². The Labute approximate surface area is 94.3 Å². The number of hydrogen-bond acceptors (Lipinski definition) is 0. The average Bonchev–Trinajstić information content (AvgIpc) is 2.21. The summed E-state index contributed by atoms with van der Waals surface area (Å²) < 4.78 is 0. The molecular formula is C13H30As. The molecule has 0 atom stereocenters. The van der Waals surface area contributed by atoms with Gasteiger partial charge >= 0.3 is 94.2 Å². The summed E-state index contributed by atoms with van der Waals surface area (Å²) in [6.45, 7) is 7.00. The first-order valence-electron chi connectivity index (χ1n) is 6.52. The van der Waals surface area contributed by atoms with Gasteiger partial charge in [-0.05, 0) is 0 Å². The summed E-state index contributed by atoms with van der Waals surface area (Å²) >= 11 is -1.16. The van der Waals surface area contributed by atoms with Crippen molar-refractivity contribution < 1.29 is 0 Å². The van der Waals surface area contributed by atoms with Gasteiger partial charge in [0.1, 0.15) is 0 Å². The molecule has 0 unspecified atom stereocenters. The van der Waals surface area contributed by atoms with Crippen LogP contribution >= 0.6 is 0 Å². The molecule has 0 aromatic carbocycles. The van der Waals surface area contributed by atoms with Gasteiger partial charge in [0.25, 0.3) is 0 Å². The molecule has 0 nitrogen and oxygen atoms in total. The molecule has 0 saturated carbocycles. The van der Waals surface area contributed by atoms with Crippen molar-refractivity contribution in [2.24, 2.45) is 0 Å². The van der Waals surface area contributed by atoms with Crippen molar-refractivity contribution in [3.05, 3.63) is 0 Å². The Bertz CT molecular complexity index is 98.6. The molecule has 0 aliphatic rings. The van der Waals surface area contributed by atoms with Gasteiger partial charge in [-0.15, -0.1) is 0 Å². The molecule has 0 heterocycles. The summed E-state index contributed by atoms with van der Waals surface area (Å²) in [5.74, 6) is 0. The first-order valence-corrected chi connectivity index (χ1v) is 12.4. The van der Waals surface area contributed by atoms with Crippen molar-refractivity contribution in [1.29, 1.82) is 0 Å². The zero-order chi connectivity index (χ0) is 10.9. The van der Waals surface area contributed by atoms with Gasteiger partial charge in [-0.3, -0.25) is 0 Å². The predicted octanol–water partition coefficient (Wildman–Crippen LogP) is 5.47. The van der Waals surface area contributed by atoms with Crippen LogP contribution in [0.4, 0.5) is 0 Å². The van der Waals surface area contributed by atoms with Crippen LogP contribution in [0.3, 0.4) is 0 Å². The zero-order valence-corrected chi connectivity index (χ0v) is 12.7. The van der Waals surface area contributed by atoms with Gasteiger partial charge in [0.05, 0.1) is 0 Å². The second-order valence-corrected chi connectivity index (χ2v) is 14.5. The Morgan fingerprint density at radius 2 is 0.929 bits per heavy atom. The van der Waals surface area contributed by atoms with Crippen LogP contribution in [0.5, 0.6) is 0 Å². The molecule has 0 bridgehead atoms. The van der Waals surface area contributed by atoms with E-state index in [9.17, 15) is 0 Å². The number of rotatable bonds is 9. The van der Waals surface area contributed by atoms with E-state index in [-0.39, 0.29) is 0 Å². The van der Waals surface area contributed by atoms with E-state index in [1.54, 1.807) is 15.6 Å². The molecule has 0 aliphatic heterocycles. The van der Waals surface area contributed by atoms with E-state index >= 15 is 0 Å². The standard InChI is InChI=1S/C13H30As/c1-5-8-11-14(4,12-9-6-2)13-10-7-3/h5-13H2,1-4H3. The number of hydrogen-bond donors (Lipinski definition) is 0. The van der Waals surface area contributed by atoms with Gasteiger partial charge in [0.15, 0.2) is 0 Å². The second kappa shape index (κ2) is 8.83. The normalized spacial score (nSPS) is 12.0. The van der Waals surface area contributed by atoms with E-state index in [1.165, 1.54) is 38.5 Å². The molecule has 0 rings (SSSR count). The fraction of sp³-hybridized carbons (Fsp3) is 1.00. The van der Waals surface area contributed by atoms with Crippen LogP contribution in [0.2, 0.25) is 21.3 Å². The summed E-state index contributed by atoms with van der Waals surface area (Å²) in [6.07, 6.45) is 8.68. The second-order valence-electron chi connectivity index (χ2n) is 4.85. The Morgan fingerprint density at radius 3 is 1.14 bits per heavy atom. The quantitative estimate of drug-likeness (QED) is 0.483. The van der Waals surface area contributed by atoms with Crippen LogP contribution in [0, 0.1) is 0 Å². The topological polar surface area (TPSA) is 0 Å². The Morgan fingerprint density at radius 1 is 0.643 bits per heavy atom. The minimum absolute atomic E-state index is 1.16. The van der Waals surface area contributed by atoms with Crippen molar-refractivity contribution >= 4 is 13.6 Å². The Kier molecular flexibility index (Phi) is 9.19. The van der Waals surface area contributed by atoms with Crippen molar-refractivity contribution in [3.8, 4) is 0 Å². The third-order valence-electron chi connectivity index (χ3n) is 3.15. The van der Waals surface area contributed by atoms with Crippen molar-refractivity contribution in [2.45, 2.75) is 80.6 Å². The van der Waals surface area contributed by atoms with Gasteiger partial charge in [0, 0.05) is 0 Å². The van der Waals surface area contributed by atoms with E-state index < -0.39 is 13.6 Å². The molecule has 0 N–H and O–H groups in total. The van der Waals surface area contributed by atoms with Gasteiger partial charge in [0.2, 0.25) is 0 Å². The van der Waals surface area contributed by atoms with Crippen LogP contribution in [-0.2, 0) is 0 Å². The first kappa shape index (κ1) is 14.6. The monoisotopic (exact) mass is 261 g/mol. The van der Waals surface area contributed by atoms with Crippen molar-refractivity contribution in [2.75, 3.05) is 0 Å². The molecule has 0 fully saturated rings. The molecule has 87 valence electrons. The molecule has 0 aromatic heterocycles. The molecule has 14 heavy (non-hydrogen) atoms. The van der Waals surface area contributed by atoms with Crippen LogP contribution in [0.15, 0.2) is 0 Å². The van der Waals surface area contributed by atoms with Crippen LogP contribution in [0.25, 0.3) is 0 Å². The first-order chi connectivity index (χ1) is 6.68. The molecule has 0 aromatic rings. The Balaban J connectivity index is 3.89. The third kappa shape index (κ3) is 6.93. The van der Waals surface area contributed by atoms with Crippen LogP contribution in [0.1, 0.15) is 59.3 Å². The van der Waals surface area contributed by atoms with E-state index in [0.717, 1.165) is 0 Å². The predicted molar refractivity (Wildman–Crippen MR) is 70.8 cm³/mol. The summed E-state index contributed by atoms with van der Waals surface area (Å²) in [6, 6.07) is 0. The van der Waals surface area contributed by atoms with Gasteiger partial charge in [-0.25, -0.2) is 0 Å². The van der Waals surface area contributed by atoms with E-state index in [0.29, 0.717) is 0 Å². The molecule has 0 spiro atoms. The van der Waals surface area contributed by atoms with Gasteiger partial charge in [-0.1, -0.05) is 0 Å². The summed E-state index contributed by atoms with van der Waals surface area (Å²) in [5, 5.41) is 4.86. The van der Waals surface area contributed by atoms with Crippen LogP contribution < -0.4 is 0 Å². The zero-order valence-electron chi connectivity index (χ0n) is 10.8. The molecule has 0 amide bonds. The molecular weight excluding hydrogens is 231 g/mol. The maximum absolute atomic E-state index is 2.68. The van der Waals surface area contributed by atoms with Gasteiger partial charge in [-0.2, -0.15) is 0 Å². The average molecular weight is 261 g/mol. The van der Waals surface area contributed by atoms with Crippen molar-refractivity contribution in [3.63, 3.8) is 0 Å². The summed E-state index contributed by atoms with van der Waals surface area (Å²) in [5.41, 5.74) is 2.68. The molecule has 1 heteroatoms. The van der Waals surface area contributed by atoms with Crippen LogP contribution in [-0.4, -0.2) is 13.6 Å². The van der Waals surface area contributed by atoms with Crippen molar-refractivity contribution in [1.82, 2.24) is 0 Å². The fourth-order valence-electron chi connectivity index (χ4n) is 1.95. The summed E-state index contributed by atoms with van der Waals surface area (Å²) in [7, 11) is 0. The summed E-state index contributed by atoms with van der Waals surface area (Å²) in [4.78, 5) is 0. The van der Waals surface area contributed by atoms with E-state index in [1.807, 2.05) is 0 Å². The molecule has 1 radical (unpaired) electrons. The Hall–Kier alpha value is 0.558. The van der Waals surface area contributed by atoms with E-state index in [4.69, 9.17) is 0 Å². The molecule has 0 saturated heterocycles. The SMILES string of the molecule is CCCC[As](C)(CCCC)CCCC. The molecule has 0 aliphatic carbocycles. The maximum atomic E-state index is 2.68. The third-order valence-corrected chi connectivity index (χ3v) is 11.9. The number of unbranched alkanes of at least 4 members (excludes halogenated alkanes) is 3. The minimum atomic E-state index is -1.16. The van der Waals surface area contributed by atoms with Gasteiger partial charge < -0.3 is 0 Å².